The molecular formula is C8H15NO4S. The van der Waals surface area contributed by atoms with Crippen LogP contribution in [0.3, 0.4) is 0 Å². The topological polar surface area (TPSA) is 55.8 Å². The molecular weight excluding hydrogens is 206 g/mol. The van der Waals surface area contributed by atoms with Crippen molar-refractivity contribution >= 4 is 10.4 Å². The lowest BCUT2D eigenvalue weighted by Gasteiger charge is -2.41. The van der Waals surface area contributed by atoms with Crippen molar-refractivity contribution in [1.82, 2.24) is 4.90 Å². The predicted molar refractivity (Wildman–Crippen MR) is 49.8 cm³/mol. The minimum Gasteiger partial charge on any atom is -0.273 e. The van der Waals surface area contributed by atoms with E-state index in [1.165, 1.54) is 0 Å². The lowest BCUT2D eigenvalue weighted by atomic mass is 9.97. The van der Waals surface area contributed by atoms with Crippen LogP contribution in [0.2, 0.25) is 0 Å². The Bertz CT molecular complexity index is 328. The van der Waals surface area contributed by atoms with Crippen molar-refractivity contribution in [2.24, 2.45) is 0 Å². The first-order valence-electron chi connectivity index (χ1n) is 4.87. The molecule has 6 heteroatoms. The quantitative estimate of drug-likeness (QED) is 0.644. The second-order valence-corrected chi connectivity index (χ2v) is 5.03. The van der Waals surface area contributed by atoms with Gasteiger partial charge in [-0.05, 0) is 26.3 Å². The first-order valence-corrected chi connectivity index (χ1v) is 6.20. The zero-order valence-corrected chi connectivity index (χ0v) is 9.21. The van der Waals surface area contributed by atoms with E-state index < -0.39 is 16.1 Å². The van der Waals surface area contributed by atoms with Crippen molar-refractivity contribution in [3.8, 4) is 0 Å². The fourth-order valence-electron chi connectivity index (χ4n) is 2.25. The monoisotopic (exact) mass is 221 g/mol. The summed E-state index contributed by atoms with van der Waals surface area (Å²) in [6.07, 6.45) is 1.35. The van der Waals surface area contributed by atoms with Gasteiger partial charge in [0.05, 0.1) is 0 Å². The van der Waals surface area contributed by atoms with Gasteiger partial charge < -0.3 is 0 Å². The van der Waals surface area contributed by atoms with Crippen LogP contribution < -0.4 is 0 Å². The number of hydrogen-bond acceptors (Lipinski definition) is 5. The van der Waals surface area contributed by atoms with Gasteiger partial charge in [0.2, 0.25) is 0 Å². The first-order chi connectivity index (χ1) is 6.48. The molecule has 0 aliphatic carbocycles. The summed E-state index contributed by atoms with van der Waals surface area (Å²) in [5.74, 6) is 0. The highest BCUT2D eigenvalue weighted by atomic mass is 32.3. The van der Waals surface area contributed by atoms with E-state index in [1.54, 1.807) is 6.92 Å². The van der Waals surface area contributed by atoms with Crippen LogP contribution in [-0.4, -0.2) is 38.2 Å². The number of rotatable bonds is 1. The molecule has 0 aromatic rings. The minimum atomic E-state index is -3.77. The summed E-state index contributed by atoms with van der Waals surface area (Å²) in [5.41, 5.74) is -0.786. The fourth-order valence-corrected chi connectivity index (χ4v) is 3.47. The molecule has 2 unspecified atom stereocenters. The zero-order valence-electron chi connectivity index (χ0n) is 8.39. The molecule has 0 bridgehead atoms. The highest BCUT2D eigenvalue weighted by Crippen LogP contribution is 2.39. The third-order valence-corrected chi connectivity index (χ3v) is 4.02. The third-order valence-electron chi connectivity index (χ3n) is 3.01. The van der Waals surface area contributed by atoms with Crippen LogP contribution in [0.25, 0.3) is 0 Å². The third kappa shape index (κ3) is 1.46. The SMILES string of the molecule is CCN1CCCC2OS(=O)(=O)OC21C. The van der Waals surface area contributed by atoms with Gasteiger partial charge in [-0.3, -0.25) is 4.90 Å². The summed E-state index contributed by atoms with van der Waals surface area (Å²) < 4.78 is 32.3. The second kappa shape index (κ2) is 3.16. The molecule has 0 saturated carbocycles. The molecule has 2 aliphatic heterocycles. The average Bonchev–Trinajstić information content (AvgIpc) is 2.32. The molecule has 5 nitrogen and oxygen atoms in total. The fraction of sp³-hybridized carbons (Fsp3) is 1.00. The van der Waals surface area contributed by atoms with E-state index in [1.807, 2.05) is 11.8 Å². The molecule has 2 atom stereocenters. The smallest absolute Gasteiger partial charge is 0.273 e. The molecule has 2 heterocycles. The molecule has 2 saturated heterocycles. The molecule has 2 aliphatic rings. The number of likely N-dealkylation sites (tertiary alicyclic amines) is 1. The van der Waals surface area contributed by atoms with Gasteiger partial charge in [0.15, 0.2) is 5.72 Å². The maximum atomic E-state index is 11.2. The number of likely N-dealkylation sites (N-methyl/N-ethyl adjacent to an activating group) is 1. The molecule has 0 amide bonds. The Kier molecular flexibility index (Phi) is 2.34. The summed E-state index contributed by atoms with van der Waals surface area (Å²) in [6.45, 7) is 5.40. The Morgan fingerprint density at radius 1 is 1.57 bits per heavy atom. The van der Waals surface area contributed by atoms with Crippen molar-refractivity contribution < 1.29 is 16.8 Å². The van der Waals surface area contributed by atoms with E-state index >= 15 is 0 Å². The molecule has 14 heavy (non-hydrogen) atoms. The van der Waals surface area contributed by atoms with E-state index in [-0.39, 0.29) is 6.10 Å². The molecule has 2 rings (SSSR count). The van der Waals surface area contributed by atoms with Gasteiger partial charge in [-0.1, -0.05) is 6.92 Å². The molecule has 82 valence electrons. The van der Waals surface area contributed by atoms with Crippen molar-refractivity contribution in [3.63, 3.8) is 0 Å². The first kappa shape index (κ1) is 10.4. The van der Waals surface area contributed by atoms with E-state index in [9.17, 15) is 8.42 Å². The van der Waals surface area contributed by atoms with Gasteiger partial charge in [0.1, 0.15) is 6.10 Å². The van der Waals surface area contributed by atoms with E-state index in [0.717, 1.165) is 25.9 Å². The van der Waals surface area contributed by atoms with Gasteiger partial charge in [0.25, 0.3) is 0 Å². The number of hydrogen-bond donors (Lipinski definition) is 0. The number of nitrogens with zero attached hydrogens (tertiary/aromatic N) is 1. The van der Waals surface area contributed by atoms with Gasteiger partial charge in [-0.2, -0.15) is 8.42 Å². The van der Waals surface area contributed by atoms with Crippen LogP contribution in [0.4, 0.5) is 0 Å². The van der Waals surface area contributed by atoms with E-state index in [4.69, 9.17) is 8.37 Å². The van der Waals surface area contributed by atoms with E-state index in [0.29, 0.717) is 0 Å². The molecule has 0 radical (unpaired) electrons. The van der Waals surface area contributed by atoms with E-state index in [2.05, 4.69) is 0 Å². The standard InChI is InChI=1S/C8H15NO4S/c1-3-9-6-4-5-7-8(9,2)13-14(10,11)12-7/h7H,3-6H2,1-2H3. The van der Waals surface area contributed by atoms with Crippen LogP contribution in [0.15, 0.2) is 0 Å². The Morgan fingerprint density at radius 3 is 2.93 bits per heavy atom. The Labute approximate surface area is 84.3 Å². The highest BCUT2D eigenvalue weighted by molar-refractivity contribution is 7.82. The van der Waals surface area contributed by atoms with Gasteiger partial charge in [-0.15, -0.1) is 0 Å². The number of fused-ring (bicyclic) bond motifs is 1. The van der Waals surface area contributed by atoms with Crippen molar-refractivity contribution in [1.29, 1.82) is 0 Å². The van der Waals surface area contributed by atoms with Crippen LogP contribution >= 0.6 is 0 Å². The van der Waals surface area contributed by atoms with Crippen molar-refractivity contribution in [2.75, 3.05) is 13.1 Å². The van der Waals surface area contributed by atoms with Crippen LogP contribution in [-0.2, 0) is 18.8 Å². The normalized spacial score (nSPS) is 42.3. The van der Waals surface area contributed by atoms with Gasteiger partial charge >= 0.3 is 10.4 Å². The van der Waals surface area contributed by atoms with Gasteiger partial charge in [-0.25, -0.2) is 8.37 Å². The second-order valence-electron chi connectivity index (χ2n) is 3.85. The molecule has 2 fully saturated rings. The maximum absolute atomic E-state index is 11.2. The van der Waals surface area contributed by atoms with Gasteiger partial charge in [0, 0.05) is 6.54 Å². The van der Waals surface area contributed by atoms with Crippen molar-refractivity contribution in [3.05, 3.63) is 0 Å². The van der Waals surface area contributed by atoms with Crippen LogP contribution in [0.5, 0.6) is 0 Å². The summed E-state index contributed by atoms with van der Waals surface area (Å²) in [5, 5.41) is 0. The summed E-state index contributed by atoms with van der Waals surface area (Å²) >= 11 is 0. The number of piperidine rings is 1. The Hall–Kier alpha value is -0.170. The average molecular weight is 221 g/mol. The summed E-state index contributed by atoms with van der Waals surface area (Å²) in [4.78, 5) is 2.01. The predicted octanol–water partition coefficient (Wildman–Crippen LogP) is 0.479. The molecule has 0 aromatic carbocycles. The van der Waals surface area contributed by atoms with Crippen LogP contribution in [0.1, 0.15) is 26.7 Å². The molecule has 0 spiro atoms. The Balaban J connectivity index is 2.31. The largest absolute Gasteiger partial charge is 0.402 e. The Morgan fingerprint density at radius 2 is 2.29 bits per heavy atom. The zero-order chi connectivity index (χ0) is 10.4. The minimum absolute atomic E-state index is 0.346. The molecule has 0 N–H and O–H groups in total. The van der Waals surface area contributed by atoms with Crippen LogP contribution in [0, 0.1) is 0 Å². The maximum Gasteiger partial charge on any atom is 0.402 e. The lowest BCUT2D eigenvalue weighted by molar-refractivity contribution is -0.112. The summed E-state index contributed by atoms with van der Waals surface area (Å²) in [7, 11) is -3.77. The summed E-state index contributed by atoms with van der Waals surface area (Å²) in [6, 6.07) is 0. The lowest BCUT2D eigenvalue weighted by Crippen LogP contribution is -2.56. The highest BCUT2D eigenvalue weighted by Gasteiger charge is 2.54. The van der Waals surface area contributed by atoms with Crippen molar-refractivity contribution in [2.45, 2.75) is 38.5 Å². The molecule has 0 aromatic heterocycles.